The predicted octanol–water partition coefficient (Wildman–Crippen LogP) is -0.638. The Hall–Kier alpha value is -1.69. The molecule has 1 aliphatic rings. The average molecular weight is 222 g/mol. The van der Waals surface area contributed by atoms with Crippen LogP contribution in [0.2, 0.25) is 0 Å². The van der Waals surface area contributed by atoms with Crippen molar-refractivity contribution in [3.63, 3.8) is 0 Å². The molecule has 0 aliphatic carbocycles. The predicted molar refractivity (Wildman–Crippen MR) is 56.4 cm³/mol. The van der Waals surface area contributed by atoms with Gasteiger partial charge in [-0.25, -0.2) is 0 Å². The molecule has 1 saturated heterocycles. The molecule has 1 aromatic rings. The zero-order valence-electron chi connectivity index (χ0n) is 8.85. The van der Waals surface area contributed by atoms with Gasteiger partial charge >= 0.3 is 0 Å². The van der Waals surface area contributed by atoms with Crippen LogP contribution in [0, 0.1) is 0 Å². The first-order chi connectivity index (χ1) is 7.70. The fourth-order valence-electron chi connectivity index (χ4n) is 1.77. The summed E-state index contributed by atoms with van der Waals surface area (Å²) in [6.45, 7) is 0.534. The number of hydrogen-bond donors (Lipinski definition) is 2. The Labute approximate surface area is 92.8 Å². The highest BCUT2D eigenvalue weighted by Crippen LogP contribution is 2.17. The number of amides is 2. The van der Waals surface area contributed by atoms with Crippen molar-refractivity contribution in [3.8, 4) is 0 Å². The summed E-state index contributed by atoms with van der Waals surface area (Å²) in [6.07, 6.45) is 3.32. The van der Waals surface area contributed by atoms with E-state index < -0.39 is 0 Å². The summed E-state index contributed by atoms with van der Waals surface area (Å²) < 4.78 is 1.60. The second-order valence-corrected chi connectivity index (χ2v) is 3.79. The number of imide groups is 1. The molecule has 0 aromatic carbocycles. The summed E-state index contributed by atoms with van der Waals surface area (Å²) in [7, 11) is 0. The van der Waals surface area contributed by atoms with Crippen LogP contribution in [0.4, 0.5) is 0 Å². The molecule has 2 heterocycles. The number of carbonyl (C=O) groups excluding carboxylic acids is 2. The topological polar surface area (TPSA) is 90.0 Å². The zero-order chi connectivity index (χ0) is 11.5. The van der Waals surface area contributed by atoms with E-state index in [2.05, 4.69) is 10.4 Å². The van der Waals surface area contributed by atoms with E-state index in [9.17, 15) is 9.59 Å². The molecule has 6 heteroatoms. The Morgan fingerprint density at radius 1 is 1.56 bits per heavy atom. The van der Waals surface area contributed by atoms with E-state index in [1.165, 1.54) is 0 Å². The number of rotatable bonds is 3. The first kappa shape index (κ1) is 10.8. The summed E-state index contributed by atoms with van der Waals surface area (Å²) in [5.41, 5.74) is 6.29. The molecular weight excluding hydrogens is 208 g/mol. The van der Waals surface area contributed by atoms with Crippen LogP contribution in [0.15, 0.2) is 12.3 Å². The molecule has 0 saturated carbocycles. The van der Waals surface area contributed by atoms with Crippen LogP contribution in [0.25, 0.3) is 0 Å². The minimum absolute atomic E-state index is 0.212. The molecule has 0 bridgehead atoms. The zero-order valence-corrected chi connectivity index (χ0v) is 8.85. The second kappa shape index (κ2) is 4.44. The molecule has 1 aromatic heterocycles. The summed E-state index contributed by atoms with van der Waals surface area (Å²) in [5, 5.41) is 6.57. The van der Waals surface area contributed by atoms with Gasteiger partial charge in [0.1, 0.15) is 6.04 Å². The molecule has 0 spiro atoms. The van der Waals surface area contributed by atoms with Gasteiger partial charge in [0.05, 0.1) is 5.69 Å². The van der Waals surface area contributed by atoms with Gasteiger partial charge < -0.3 is 5.73 Å². The number of nitrogens with zero attached hydrogens (tertiary/aromatic N) is 2. The molecule has 6 nitrogen and oxygen atoms in total. The monoisotopic (exact) mass is 222 g/mol. The Kier molecular flexibility index (Phi) is 3.00. The van der Waals surface area contributed by atoms with Crippen LogP contribution in [0.5, 0.6) is 0 Å². The number of aromatic nitrogens is 2. The van der Waals surface area contributed by atoms with Crippen molar-refractivity contribution < 1.29 is 9.59 Å². The van der Waals surface area contributed by atoms with E-state index >= 15 is 0 Å². The van der Waals surface area contributed by atoms with Crippen molar-refractivity contribution in [1.82, 2.24) is 15.1 Å². The van der Waals surface area contributed by atoms with Crippen LogP contribution >= 0.6 is 0 Å². The number of nitrogens with two attached hydrogens (primary N) is 1. The second-order valence-electron chi connectivity index (χ2n) is 3.79. The van der Waals surface area contributed by atoms with Gasteiger partial charge in [0.15, 0.2) is 0 Å². The van der Waals surface area contributed by atoms with Gasteiger partial charge in [-0.1, -0.05) is 0 Å². The first-order valence-corrected chi connectivity index (χ1v) is 5.28. The van der Waals surface area contributed by atoms with E-state index in [1.807, 2.05) is 6.07 Å². The van der Waals surface area contributed by atoms with Crippen LogP contribution in [0.1, 0.15) is 24.6 Å². The lowest BCUT2D eigenvalue weighted by atomic mass is 10.1. The van der Waals surface area contributed by atoms with E-state index in [0.717, 1.165) is 5.69 Å². The highest BCUT2D eigenvalue weighted by molar-refractivity contribution is 5.99. The fourth-order valence-corrected chi connectivity index (χ4v) is 1.77. The Balaban J connectivity index is 2.11. The van der Waals surface area contributed by atoms with Crippen LogP contribution < -0.4 is 11.1 Å². The quantitative estimate of drug-likeness (QED) is 0.666. The smallest absolute Gasteiger partial charge is 0.251 e. The lowest BCUT2D eigenvalue weighted by Crippen LogP contribution is -2.41. The number of hydrogen-bond acceptors (Lipinski definition) is 4. The maximum absolute atomic E-state index is 11.6. The summed E-state index contributed by atoms with van der Waals surface area (Å²) in [6, 6.07) is 1.47. The van der Waals surface area contributed by atoms with Gasteiger partial charge in [-0.2, -0.15) is 5.10 Å². The van der Waals surface area contributed by atoms with Gasteiger partial charge in [0, 0.05) is 19.0 Å². The standard InChI is InChI=1S/C10H14N4O2/c11-5-3-7-4-6-14(13-7)8-1-2-9(15)12-10(8)16/h4,6,8H,1-3,5,11H2,(H,12,15,16). The molecule has 2 rings (SSSR count). The van der Waals surface area contributed by atoms with Crippen molar-refractivity contribution in [3.05, 3.63) is 18.0 Å². The number of piperidine rings is 1. The minimum Gasteiger partial charge on any atom is -0.330 e. The van der Waals surface area contributed by atoms with Crippen molar-refractivity contribution in [2.45, 2.75) is 25.3 Å². The summed E-state index contributed by atoms with van der Waals surface area (Å²) >= 11 is 0. The molecule has 16 heavy (non-hydrogen) atoms. The summed E-state index contributed by atoms with van der Waals surface area (Å²) in [4.78, 5) is 22.5. The van der Waals surface area contributed by atoms with Crippen LogP contribution in [-0.4, -0.2) is 28.1 Å². The van der Waals surface area contributed by atoms with Gasteiger partial charge in [0.25, 0.3) is 5.91 Å². The van der Waals surface area contributed by atoms with E-state index in [4.69, 9.17) is 5.73 Å². The molecule has 86 valence electrons. The maximum Gasteiger partial charge on any atom is 0.251 e. The SMILES string of the molecule is NCCc1ccn(C2CCC(=O)NC2=O)n1. The van der Waals surface area contributed by atoms with E-state index in [1.54, 1.807) is 10.9 Å². The number of nitrogens with one attached hydrogen (secondary N) is 1. The van der Waals surface area contributed by atoms with E-state index in [0.29, 0.717) is 25.8 Å². The van der Waals surface area contributed by atoms with Crippen LogP contribution in [-0.2, 0) is 16.0 Å². The molecule has 3 N–H and O–H groups in total. The molecule has 1 unspecified atom stereocenters. The van der Waals surface area contributed by atoms with Gasteiger partial charge in [-0.05, 0) is 19.0 Å². The molecule has 2 amide bonds. The van der Waals surface area contributed by atoms with Crippen LogP contribution in [0.3, 0.4) is 0 Å². The molecule has 1 fully saturated rings. The third kappa shape index (κ3) is 2.11. The average Bonchev–Trinajstić information content (AvgIpc) is 2.67. The van der Waals surface area contributed by atoms with Gasteiger partial charge in [-0.15, -0.1) is 0 Å². The molecule has 1 aliphatic heterocycles. The highest BCUT2D eigenvalue weighted by atomic mass is 16.2. The third-order valence-electron chi connectivity index (χ3n) is 2.59. The highest BCUT2D eigenvalue weighted by Gasteiger charge is 2.28. The van der Waals surface area contributed by atoms with Crippen molar-refractivity contribution in [2.24, 2.45) is 5.73 Å². The van der Waals surface area contributed by atoms with Gasteiger partial charge in [0.2, 0.25) is 5.91 Å². The largest absolute Gasteiger partial charge is 0.330 e. The molecule has 0 radical (unpaired) electrons. The van der Waals surface area contributed by atoms with Crippen molar-refractivity contribution >= 4 is 11.8 Å². The third-order valence-corrected chi connectivity index (χ3v) is 2.59. The lowest BCUT2D eigenvalue weighted by molar-refractivity contribution is -0.135. The van der Waals surface area contributed by atoms with Crippen molar-refractivity contribution in [1.29, 1.82) is 0 Å². The Morgan fingerprint density at radius 2 is 2.38 bits per heavy atom. The Bertz CT molecular complexity index is 413. The first-order valence-electron chi connectivity index (χ1n) is 5.28. The normalized spacial score (nSPS) is 20.9. The van der Waals surface area contributed by atoms with Crippen molar-refractivity contribution in [2.75, 3.05) is 6.54 Å². The van der Waals surface area contributed by atoms with Gasteiger partial charge in [-0.3, -0.25) is 19.6 Å². The minimum atomic E-state index is -0.371. The van der Waals surface area contributed by atoms with E-state index in [-0.39, 0.29) is 17.9 Å². The summed E-state index contributed by atoms with van der Waals surface area (Å²) in [5.74, 6) is -0.491. The number of carbonyl (C=O) groups is 2. The maximum atomic E-state index is 11.6. The molecule has 1 atom stereocenters. The molecular formula is C10H14N4O2. The Morgan fingerprint density at radius 3 is 3.06 bits per heavy atom. The fraction of sp³-hybridized carbons (Fsp3) is 0.500. The lowest BCUT2D eigenvalue weighted by Gasteiger charge is -2.20.